The summed E-state index contributed by atoms with van der Waals surface area (Å²) in [4.78, 5) is 20.5. The van der Waals surface area contributed by atoms with Crippen LogP contribution in [0.1, 0.15) is 43.6 Å². The van der Waals surface area contributed by atoms with Crippen molar-refractivity contribution in [1.29, 1.82) is 0 Å². The fourth-order valence-corrected chi connectivity index (χ4v) is 4.81. The second kappa shape index (κ2) is 12.5. The molecule has 0 spiro atoms. The average Bonchev–Trinajstić information content (AvgIpc) is 3.29. The van der Waals surface area contributed by atoms with Crippen molar-refractivity contribution in [3.05, 3.63) is 77.9 Å². The molecular weight excluding hydrogens is 480 g/mol. The Balaban J connectivity index is 1.34. The van der Waals surface area contributed by atoms with Gasteiger partial charge >= 0.3 is 0 Å². The van der Waals surface area contributed by atoms with Gasteiger partial charge in [0.25, 0.3) is 0 Å². The van der Waals surface area contributed by atoms with Crippen molar-refractivity contribution < 1.29 is 19.4 Å². The first-order valence-electron chi connectivity index (χ1n) is 13.3. The molecule has 1 saturated heterocycles. The van der Waals surface area contributed by atoms with E-state index >= 15 is 0 Å². The molecule has 0 radical (unpaired) electrons. The summed E-state index contributed by atoms with van der Waals surface area (Å²) in [5.74, 6) is 2.92. The van der Waals surface area contributed by atoms with Gasteiger partial charge in [0, 0.05) is 51.4 Å². The molecule has 3 aromatic rings. The van der Waals surface area contributed by atoms with Gasteiger partial charge in [-0.2, -0.15) is 0 Å². The van der Waals surface area contributed by atoms with Crippen LogP contribution in [0.15, 0.2) is 60.9 Å². The van der Waals surface area contributed by atoms with E-state index in [1.54, 1.807) is 11.8 Å². The van der Waals surface area contributed by atoms with Gasteiger partial charge < -0.3 is 24.0 Å². The molecule has 0 unspecified atom stereocenters. The predicted octanol–water partition coefficient (Wildman–Crippen LogP) is 3.87. The summed E-state index contributed by atoms with van der Waals surface area (Å²) in [6, 6.07) is 15.8. The van der Waals surface area contributed by atoms with E-state index in [1.807, 2.05) is 55.7 Å². The SMILES string of the molecule is CC(=O)N1CCN(Cc2ccc(OCCn3ccnc3C(C)C)cc2)C[C@](O)(COc2ccc(C)cc2)C1. The largest absolute Gasteiger partial charge is 0.492 e. The van der Waals surface area contributed by atoms with E-state index in [4.69, 9.17) is 9.47 Å². The Morgan fingerprint density at radius 2 is 1.71 bits per heavy atom. The van der Waals surface area contributed by atoms with Crippen LogP contribution in [0.3, 0.4) is 0 Å². The van der Waals surface area contributed by atoms with Gasteiger partial charge in [0.1, 0.15) is 36.1 Å². The number of hydrogen-bond acceptors (Lipinski definition) is 6. The van der Waals surface area contributed by atoms with E-state index in [9.17, 15) is 9.90 Å². The molecule has 2 heterocycles. The lowest BCUT2D eigenvalue weighted by Crippen LogP contribution is -2.51. The smallest absolute Gasteiger partial charge is 0.219 e. The number of ether oxygens (including phenoxy) is 2. The van der Waals surface area contributed by atoms with Crippen LogP contribution in [0.2, 0.25) is 0 Å². The summed E-state index contributed by atoms with van der Waals surface area (Å²) < 4.78 is 14.1. The number of imidazole rings is 1. The summed E-state index contributed by atoms with van der Waals surface area (Å²) in [6.45, 7) is 11.8. The van der Waals surface area contributed by atoms with E-state index in [0.29, 0.717) is 44.5 Å². The monoisotopic (exact) mass is 520 g/mol. The molecule has 1 amide bonds. The molecule has 1 atom stereocenters. The zero-order chi connectivity index (χ0) is 27.1. The van der Waals surface area contributed by atoms with Gasteiger partial charge in [0.2, 0.25) is 5.91 Å². The van der Waals surface area contributed by atoms with Crippen molar-refractivity contribution in [1.82, 2.24) is 19.4 Å². The third-order valence-electron chi connectivity index (χ3n) is 6.86. The normalized spacial score (nSPS) is 18.4. The van der Waals surface area contributed by atoms with Crippen LogP contribution in [-0.2, 0) is 17.9 Å². The number of carbonyl (C=O) groups excluding carboxylic acids is 1. The number of carbonyl (C=O) groups is 1. The highest BCUT2D eigenvalue weighted by molar-refractivity contribution is 5.73. The highest BCUT2D eigenvalue weighted by Crippen LogP contribution is 2.21. The number of β-amino-alcohol motifs (C(OH)–C–C–N with tert-alkyl or cyclic N) is 1. The van der Waals surface area contributed by atoms with Gasteiger partial charge in [-0.3, -0.25) is 9.69 Å². The maximum absolute atomic E-state index is 12.2. The lowest BCUT2D eigenvalue weighted by molar-refractivity contribution is -0.132. The van der Waals surface area contributed by atoms with Crippen LogP contribution in [0, 0.1) is 6.92 Å². The summed E-state index contributed by atoms with van der Waals surface area (Å²) in [5.41, 5.74) is 1.08. The van der Waals surface area contributed by atoms with Crippen LogP contribution in [0.4, 0.5) is 0 Å². The van der Waals surface area contributed by atoms with Crippen LogP contribution in [0.25, 0.3) is 0 Å². The maximum atomic E-state index is 12.2. The van der Waals surface area contributed by atoms with Gasteiger partial charge in [0.15, 0.2) is 0 Å². The number of benzene rings is 2. The van der Waals surface area contributed by atoms with Gasteiger partial charge in [-0.25, -0.2) is 4.98 Å². The summed E-state index contributed by atoms with van der Waals surface area (Å²) in [5, 5.41) is 11.5. The molecular formula is C30H40N4O4. The van der Waals surface area contributed by atoms with Crippen molar-refractivity contribution >= 4 is 5.91 Å². The average molecular weight is 521 g/mol. The van der Waals surface area contributed by atoms with Crippen molar-refractivity contribution in [3.63, 3.8) is 0 Å². The number of nitrogens with zero attached hydrogens (tertiary/aromatic N) is 4. The van der Waals surface area contributed by atoms with E-state index in [2.05, 4.69) is 40.4 Å². The minimum atomic E-state index is -1.18. The standard InChI is InChI=1S/C30H40N4O4/c1-23(2)29-31-13-14-33(29)17-18-37-27-11-7-26(8-12-27)19-32-15-16-34(25(4)35)21-30(36,20-32)22-38-28-9-5-24(3)6-10-28/h5-14,23,36H,15-22H2,1-4H3/t30-/m1/s1. The van der Waals surface area contributed by atoms with Crippen LogP contribution in [0.5, 0.6) is 11.5 Å². The van der Waals surface area contributed by atoms with Crippen molar-refractivity contribution in [3.8, 4) is 11.5 Å². The Hall–Kier alpha value is -3.36. The number of aliphatic hydroxyl groups is 1. The zero-order valence-electron chi connectivity index (χ0n) is 23.0. The Bertz CT molecular complexity index is 1180. The molecule has 8 heteroatoms. The summed E-state index contributed by atoms with van der Waals surface area (Å²) in [7, 11) is 0. The molecule has 1 N–H and O–H groups in total. The van der Waals surface area contributed by atoms with Gasteiger partial charge in [-0.1, -0.05) is 43.7 Å². The Kier molecular flexibility index (Phi) is 9.07. The highest BCUT2D eigenvalue weighted by atomic mass is 16.5. The first-order valence-corrected chi connectivity index (χ1v) is 13.3. The molecule has 2 aromatic carbocycles. The van der Waals surface area contributed by atoms with E-state index < -0.39 is 5.60 Å². The molecule has 38 heavy (non-hydrogen) atoms. The van der Waals surface area contributed by atoms with Crippen molar-refractivity contribution in [2.24, 2.45) is 0 Å². The predicted molar refractivity (Wildman–Crippen MR) is 147 cm³/mol. The Morgan fingerprint density at radius 3 is 2.39 bits per heavy atom. The molecule has 0 saturated carbocycles. The Morgan fingerprint density at radius 1 is 1.03 bits per heavy atom. The molecule has 8 nitrogen and oxygen atoms in total. The van der Waals surface area contributed by atoms with Gasteiger partial charge in [0.05, 0.1) is 13.1 Å². The van der Waals surface area contributed by atoms with Gasteiger partial charge in [-0.15, -0.1) is 0 Å². The molecule has 0 aliphatic carbocycles. The molecule has 1 fully saturated rings. The second-order valence-electron chi connectivity index (χ2n) is 10.6. The highest BCUT2D eigenvalue weighted by Gasteiger charge is 2.36. The first kappa shape index (κ1) is 27.7. The Labute approximate surface area is 225 Å². The quantitative estimate of drug-likeness (QED) is 0.437. The minimum absolute atomic E-state index is 0.0432. The summed E-state index contributed by atoms with van der Waals surface area (Å²) >= 11 is 0. The molecule has 1 aromatic heterocycles. The first-order chi connectivity index (χ1) is 18.2. The number of hydrogen-bond donors (Lipinski definition) is 1. The topological polar surface area (TPSA) is 80.1 Å². The lowest BCUT2D eigenvalue weighted by Gasteiger charge is -2.32. The third kappa shape index (κ3) is 7.58. The van der Waals surface area contributed by atoms with Crippen LogP contribution < -0.4 is 9.47 Å². The fourth-order valence-electron chi connectivity index (χ4n) is 4.81. The zero-order valence-corrected chi connectivity index (χ0v) is 23.0. The third-order valence-corrected chi connectivity index (χ3v) is 6.86. The number of amides is 1. The minimum Gasteiger partial charge on any atom is -0.492 e. The molecule has 1 aliphatic heterocycles. The number of aryl methyl sites for hydroxylation is 1. The molecule has 204 valence electrons. The summed E-state index contributed by atoms with van der Waals surface area (Å²) in [6.07, 6.45) is 3.82. The second-order valence-corrected chi connectivity index (χ2v) is 10.6. The lowest BCUT2D eigenvalue weighted by atomic mass is 10.0. The van der Waals surface area contributed by atoms with Crippen molar-refractivity contribution in [2.75, 3.05) is 39.4 Å². The number of aromatic nitrogens is 2. The van der Waals surface area contributed by atoms with E-state index in [0.717, 1.165) is 29.2 Å². The van der Waals surface area contributed by atoms with Gasteiger partial charge in [-0.05, 0) is 36.8 Å². The molecule has 0 bridgehead atoms. The van der Waals surface area contributed by atoms with Crippen LogP contribution >= 0.6 is 0 Å². The molecule has 4 rings (SSSR count). The van der Waals surface area contributed by atoms with E-state index in [1.165, 1.54) is 0 Å². The fraction of sp³-hybridized carbons (Fsp3) is 0.467. The maximum Gasteiger partial charge on any atom is 0.219 e. The molecule has 1 aliphatic rings. The van der Waals surface area contributed by atoms with Crippen LogP contribution in [-0.4, -0.2) is 75.4 Å². The van der Waals surface area contributed by atoms with E-state index in [-0.39, 0.29) is 19.1 Å². The number of rotatable bonds is 10. The van der Waals surface area contributed by atoms with Crippen molar-refractivity contribution in [2.45, 2.75) is 52.3 Å².